The van der Waals surface area contributed by atoms with Gasteiger partial charge in [-0.15, -0.1) is 0 Å². The van der Waals surface area contributed by atoms with Crippen molar-refractivity contribution in [3.8, 4) is 5.75 Å². The molecule has 0 saturated carbocycles. The van der Waals surface area contributed by atoms with Gasteiger partial charge in [-0.1, -0.05) is 6.07 Å². The number of hydrogen-bond acceptors (Lipinski definition) is 3. The molecule has 0 atom stereocenters. The van der Waals surface area contributed by atoms with Crippen LogP contribution in [-0.4, -0.2) is 41.7 Å². The van der Waals surface area contributed by atoms with Gasteiger partial charge < -0.3 is 14.7 Å². The second kappa shape index (κ2) is 5.17. The van der Waals surface area contributed by atoms with E-state index in [4.69, 9.17) is 4.74 Å². The van der Waals surface area contributed by atoms with Crippen LogP contribution < -0.4 is 4.74 Å². The van der Waals surface area contributed by atoms with Crippen LogP contribution in [0.5, 0.6) is 5.75 Å². The highest BCUT2D eigenvalue weighted by Crippen LogP contribution is 2.27. The van der Waals surface area contributed by atoms with Gasteiger partial charge in [0.25, 0.3) is 5.91 Å². The van der Waals surface area contributed by atoms with Crippen molar-refractivity contribution in [3.05, 3.63) is 29.6 Å². The molecule has 0 aromatic heterocycles. The van der Waals surface area contributed by atoms with Gasteiger partial charge in [-0.25, -0.2) is 4.39 Å². The Labute approximate surface area is 111 Å². The number of ether oxygens (including phenoxy) is 1. The zero-order valence-corrected chi connectivity index (χ0v) is 11.1. The molecule has 1 fully saturated rings. The van der Waals surface area contributed by atoms with Crippen molar-refractivity contribution in [2.24, 2.45) is 0 Å². The molecule has 0 unspecified atom stereocenters. The van der Waals surface area contributed by atoms with Crippen molar-refractivity contribution in [2.45, 2.75) is 25.4 Å². The summed E-state index contributed by atoms with van der Waals surface area (Å²) in [5, 5.41) is 9.86. The Balaban J connectivity index is 2.21. The van der Waals surface area contributed by atoms with Gasteiger partial charge in [-0.3, -0.25) is 4.79 Å². The number of halogens is 1. The van der Waals surface area contributed by atoms with E-state index in [0.29, 0.717) is 25.9 Å². The average molecular weight is 267 g/mol. The van der Waals surface area contributed by atoms with E-state index < -0.39 is 11.4 Å². The van der Waals surface area contributed by atoms with Crippen LogP contribution in [0.15, 0.2) is 18.2 Å². The van der Waals surface area contributed by atoms with Gasteiger partial charge in [0.1, 0.15) is 17.1 Å². The predicted octanol–water partition coefficient (Wildman–Crippen LogP) is 1.82. The van der Waals surface area contributed by atoms with Crippen LogP contribution in [0, 0.1) is 5.82 Å². The molecule has 2 rings (SSSR count). The van der Waals surface area contributed by atoms with Crippen LogP contribution in [0.3, 0.4) is 0 Å². The summed E-state index contributed by atoms with van der Waals surface area (Å²) in [7, 11) is 1.41. The van der Waals surface area contributed by atoms with E-state index in [9.17, 15) is 14.3 Å². The monoisotopic (exact) mass is 267 g/mol. The third-order valence-corrected chi connectivity index (χ3v) is 3.54. The maximum atomic E-state index is 13.8. The van der Waals surface area contributed by atoms with Gasteiger partial charge in [0.05, 0.1) is 12.7 Å². The normalized spacial score (nSPS) is 18.2. The zero-order chi connectivity index (χ0) is 14.0. The molecule has 0 spiro atoms. The first-order valence-electron chi connectivity index (χ1n) is 6.29. The molecule has 1 aliphatic heterocycles. The second-order valence-electron chi connectivity index (χ2n) is 5.11. The van der Waals surface area contributed by atoms with Crippen LogP contribution in [-0.2, 0) is 0 Å². The summed E-state index contributed by atoms with van der Waals surface area (Å²) >= 11 is 0. The van der Waals surface area contributed by atoms with Crippen LogP contribution in [0.4, 0.5) is 4.39 Å². The SMILES string of the molecule is COc1cccc(F)c1C(=O)N1CCC(C)(O)CC1. The highest BCUT2D eigenvalue weighted by Gasteiger charge is 2.31. The first kappa shape index (κ1) is 13.8. The van der Waals surface area contributed by atoms with Crippen molar-refractivity contribution >= 4 is 5.91 Å². The molecule has 1 aromatic carbocycles. The molecule has 4 nitrogen and oxygen atoms in total. The number of likely N-dealkylation sites (tertiary alicyclic amines) is 1. The van der Waals surface area contributed by atoms with Gasteiger partial charge in [-0.2, -0.15) is 0 Å². The molecule has 1 N–H and O–H groups in total. The minimum atomic E-state index is -0.740. The summed E-state index contributed by atoms with van der Waals surface area (Å²) in [6.07, 6.45) is 0.991. The van der Waals surface area contributed by atoms with Gasteiger partial charge in [0, 0.05) is 13.1 Å². The molecule has 19 heavy (non-hydrogen) atoms. The van der Waals surface area contributed by atoms with Crippen LogP contribution in [0.25, 0.3) is 0 Å². The zero-order valence-electron chi connectivity index (χ0n) is 11.1. The number of amides is 1. The van der Waals surface area contributed by atoms with E-state index in [2.05, 4.69) is 0 Å². The first-order chi connectivity index (χ1) is 8.94. The van der Waals surface area contributed by atoms with E-state index in [1.165, 1.54) is 19.2 Å². The Kier molecular flexibility index (Phi) is 3.75. The van der Waals surface area contributed by atoms with Gasteiger partial charge in [-0.05, 0) is 31.9 Å². The quantitative estimate of drug-likeness (QED) is 0.889. The van der Waals surface area contributed by atoms with Crippen molar-refractivity contribution in [2.75, 3.05) is 20.2 Å². The molecule has 0 bridgehead atoms. The standard InChI is InChI=1S/C14H18FNO3/c1-14(18)6-8-16(9-7-14)13(17)12-10(15)4-3-5-11(12)19-2/h3-5,18H,6-9H2,1-2H3. The Morgan fingerprint density at radius 2 is 2.05 bits per heavy atom. The van der Waals surface area contributed by atoms with E-state index in [-0.39, 0.29) is 17.2 Å². The van der Waals surface area contributed by atoms with Crippen molar-refractivity contribution in [1.29, 1.82) is 0 Å². The van der Waals surface area contributed by atoms with Gasteiger partial charge in [0.2, 0.25) is 0 Å². The molecule has 1 aromatic rings. The van der Waals surface area contributed by atoms with Crippen molar-refractivity contribution in [3.63, 3.8) is 0 Å². The lowest BCUT2D eigenvalue weighted by molar-refractivity contribution is -0.00220. The van der Waals surface area contributed by atoms with E-state index in [0.717, 1.165) is 0 Å². The summed E-state index contributed by atoms with van der Waals surface area (Å²) in [6.45, 7) is 2.59. The Bertz CT molecular complexity index is 478. The summed E-state index contributed by atoms with van der Waals surface area (Å²) in [5.41, 5.74) is -0.776. The number of hydrogen-bond donors (Lipinski definition) is 1. The smallest absolute Gasteiger partial charge is 0.260 e. The lowest BCUT2D eigenvalue weighted by Crippen LogP contribution is -2.45. The average Bonchev–Trinajstić information content (AvgIpc) is 2.37. The fourth-order valence-electron chi connectivity index (χ4n) is 2.23. The fraction of sp³-hybridized carbons (Fsp3) is 0.500. The van der Waals surface area contributed by atoms with Gasteiger partial charge >= 0.3 is 0 Å². The number of aliphatic hydroxyl groups is 1. The van der Waals surface area contributed by atoms with E-state index >= 15 is 0 Å². The Morgan fingerprint density at radius 1 is 1.42 bits per heavy atom. The lowest BCUT2D eigenvalue weighted by Gasteiger charge is -2.36. The summed E-state index contributed by atoms with van der Waals surface area (Å²) in [5.74, 6) is -0.727. The molecule has 1 heterocycles. The number of benzene rings is 1. The van der Waals surface area contributed by atoms with E-state index in [1.54, 1.807) is 17.9 Å². The number of rotatable bonds is 2. The molecule has 5 heteroatoms. The van der Waals surface area contributed by atoms with Crippen molar-refractivity contribution in [1.82, 2.24) is 4.90 Å². The first-order valence-corrected chi connectivity index (χ1v) is 6.29. The molecule has 1 saturated heterocycles. The highest BCUT2D eigenvalue weighted by atomic mass is 19.1. The fourth-order valence-corrected chi connectivity index (χ4v) is 2.23. The Hall–Kier alpha value is -1.62. The number of carbonyl (C=O) groups excluding carboxylic acids is 1. The molecule has 0 aliphatic carbocycles. The lowest BCUT2D eigenvalue weighted by atomic mass is 9.93. The number of piperidine rings is 1. The molecule has 1 aliphatic rings. The topological polar surface area (TPSA) is 49.8 Å². The largest absolute Gasteiger partial charge is 0.496 e. The molecular weight excluding hydrogens is 249 g/mol. The van der Waals surface area contributed by atoms with Crippen LogP contribution in [0.2, 0.25) is 0 Å². The van der Waals surface area contributed by atoms with Gasteiger partial charge in [0.15, 0.2) is 0 Å². The summed E-state index contributed by atoms with van der Waals surface area (Å²) in [6, 6.07) is 4.32. The third-order valence-electron chi connectivity index (χ3n) is 3.54. The maximum Gasteiger partial charge on any atom is 0.260 e. The molecule has 104 valence electrons. The summed E-state index contributed by atoms with van der Waals surface area (Å²) < 4.78 is 18.9. The van der Waals surface area contributed by atoms with Crippen molar-refractivity contribution < 1.29 is 19.0 Å². The molecular formula is C14H18FNO3. The maximum absolute atomic E-state index is 13.8. The second-order valence-corrected chi connectivity index (χ2v) is 5.11. The van der Waals surface area contributed by atoms with Crippen LogP contribution >= 0.6 is 0 Å². The molecule has 0 radical (unpaired) electrons. The van der Waals surface area contributed by atoms with E-state index in [1.807, 2.05) is 0 Å². The predicted molar refractivity (Wildman–Crippen MR) is 68.7 cm³/mol. The van der Waals surface area contributed by atoms with Crippen LogP contribution in [0.1, 0.15) is 30.1 Å². The minimum absolute atomic E-state index is 0.0356. The number of carbonyl (C=O) groups is 1. The highest BCUT2D eigenvalue weighted by molar-refractivity contribution is 5.97. The summed E-state index contributed by atoms with van der Waals surface area (Å²) in [4.78, 5) is 13.9. The number of methoxy groups -OCH3 is 1. The molecule has 1 amide bonds. The third kappa shape index (κ3) is 2.87. The number of nitrogens with zero attached hydrogens (tertiary/aromatic N) is 1. The minimum Gasteiger partial charge on any atom is -0.496 e. The Morgan fingerprint density at radius 3 is 2.63 bits per heavy atom.